The smallest absolute Gasteiger partial charge is 0.343 e. The van der Waals surface area contributed by atoms with Crippen LogP contribution in [0.15, 0.2) is 23.3 Å². The zero-order chi connectivity index (χ0) is 11.0. The number of carboxylic acids is 1. The van der Waals surface area contributed by atoms with E-state index in [0.29, 0.717) is 11.3 Å². The average Bonchev–Trinajstić information content (AvgIpc) is 2.71. The molecule has 0 fully saturated rings. The molecule has 2 aromatic rings. The summed E-state index contributed by atoms with van der Waals surface area (Å²) in [7, 11) is 1.81. The Labute approximate surface area is 84.2 Å². The molecule has 0 aliphatic rings. The van der Waals surface area contributed by atoms with Crippen molar-refractivity contribution in [1.82, 2.24) is 14.8 Å². The van der Waals surface area contributed by atoms with E-state index in [2.05, 4.69) is 10.2 Å². The summed E-state index contributed by atoms with van der Waals surface area (Å²) < 4.78 is 1.77. The van der Waals surface area contributed by atoms with Crippen molar-refractivity contribution in [2.75, 3.05) is 0 Å². The third kappa shape index (κ3) is 1.45. The minimum atomic E-state index is -1.24. The molecule has 0 radical (unpaired) electrons. The van der Waals surface area contributed by atoms with Crippen LogP contribution < -0.4 is 5.56 Å². The number of hydrogen-bond donors (Lipinski definition) is 3. The number of rotatable bonds is 2. The van der Waals surface area contributed by atoms with Crippen LogP contribution in [0.25, 0.3) is 11.3 Å². The third-order valence-corrected chi connectivity index (χ3v) is 2.11. The monoisotopic (exact) mass is 207 g/mol. The molecular formula is C9H9N3O3. The number of aromatic amines is 2. The molecule has 0 unspecified atom stereocenters. The second-order valence-corrected chi connectivity index (χ2v) is 3.20. The second kappa shape index (κ2) is 3.16. The van der Waals surface area contributed by atoms with Gasteiger partial charge in [0.25, 0.3) is 5.56 Å². The minimum Gasteiger partial charge on any atom is -0.477 e. The van der Waals surface area contributed by atoms with Crippen molar-refractivity contribution in [3.8, 4) is 11.3 Å². The van der Waals surface area contributed by atoms with Crippen molar-refractivity contribution in [3.05, 3.63) is 34.4 Å². The van der Waals surface area contributed by atoms with Crippen molar-refractivity contribution in [2.45, 2.75) is 0 Å². The van der Waals surface area contributed by atoms with Gasteiger partial charge in [0.1, 0.15) is 0 Å². The molecule has 6 nitrogen and oxygen atoms in total. The average molecular weight is 207 g/mol. The van der Waals surface area contributed by atoms with Gasteiger partial charge in [-0.1, -0.05) is 0 Å². The number of aromatic nitrogens is 3. The normalized spacial score (nSPS) is 10.5. The summed E-state index contributed by atoms with van der Waals surface area (Å²) in [6.45, 7) is 0. The number of nitrogens with one attached hydrogen (secondary N) is 2. The van der Waals surface area contributed by atoms with Crippen LogP contribution in [0, 0.1) is 0 Å². The first-order valence-corrected chi connectivity index (χ1v) is 4.26. The Morgan fingerprint density at radius 1 is 1.47 bits per heavy atom. The lowest BCUT2D eigenvalue weighted by Gasteiger charge is -1.94. The van der Waals surface area contributed by atoms with Crippen LogP contribution in [0.1, 0.15) is 10.4 Å². The molecule has 0 spiro atoms. The lowest BCUT2D eigenvalue weighted by atomic mass is 10.1. The van der Waals surface area contributed by atoms with Gasteiger partial charge in [-0.05, 0) is 6.07 Å². The highest BCUT2D eigenvalue weighted by Crippen LogP contribution is 2.18. The fourth-order valence-electron chi connectivity index (χ4n) is 1.43. The number of H-pyrrole nitrogens is 2. The van der Waals surface area contributed by atoms with E-state index in [9.17, 15) is 9.59 Å². The first-order chi connectivity index (χ1) is 7.09. The largest absolute Gasteiger partial charge is 0.477 e. The molecule has 0 aromatic carbocycles. The lowest BCUT2D eigenvalue weighted by molar-refractivity contribution is 0.0696. The number of nitrogens with zero attached hydrogens (tertiary/aromatic N) is 1. The van der Waals surface area contributed by atoms with Crippen molar-refractivity contribution < 1.29 is 9.90 Å². The van der Waals surface area contributed by atoms with Crippen LogP contribution in [-0.4, -0.2) is 25.8 Å². The molecule has 0 bridgehead atoms. The van der Waals surface area contributed by atoms with Crippen LogP contribution >= 0.6 is 0 Å². The first-order valence-electron chi connectivity index (χ1n) is 4.26. The van der Waals surface area contributed by atoms with E-state index in [1.165, 1.54) is 0 Å². The molecule has 0 amide bonds. The summed E-state index contributed by atoms with van der Waals surface area (Å²) in [6.07, 6.45) is 3.50. The molecule has 0 aliphatic heterocycles. The topological polar surface area (TPSA) is 90.9 Å². The highest BCUT2D eigenvalue weighted by atomic mass is 16.4. The van der Waals surface area contributed by atoms with Gasteiger partial charge in [-0.25, -0.2) is 4.79 Å². The number of carbonyl (C=O) groups is 1. The van der Waals surface area contributed by atoms with Crippen molar-refractivity contribution in [1.29, 1.82) is 0 Å². The first kappa shape index (κ1) is 9.32. The Balaban J connectivity index is 2.63. The van der Waals surface area contributed by atoms with E-state index in [0.717, 1.165) is 0 Å². The second-order valence-electron chi connectivity index (χ2n) is 3.20. The number of aromatic carboxylic acids is 1. The van der Waals surface area contributed by atoms with Crippen LogP contribution in [0.3, 0.4) is 0 Å². The van der Waals surface area contributed by atoms with E-state index in [1.54, 1.807) is 23.0 Å². The van der Waals surface area contributed by atoms with Gasteiger partial charge in [0.15, 0.2) is 5.56 Å². The fourth-order valence-corrected chi connectivity index (χ4v) is 1.43. The quantitative estimate of drug-likeness (QED) is 0.665. The Bertz CT molecular complexity index is 561. The van der Waals surface area contributed by atoms with Crippen molar-refractivity contribution >= 4 is 5.97 Å². The van der Waals surface area contributed by atoms with Crippen molar-refractivity contribution in [3.63, 3.8) is 0 Å². The molecule has 2 aromatic heterocycles. The van der Waals surface area contributed by atoms with Gasteiger partial charge in [-0.15, -0.1) is 0 Å². The van der Waals surface area contributed by atoms with E-state index < -0.39 is 11.5 Å². The number of hydrogen-bond acceptors (Lipinski definition) is 2. The summed E-state index contributed by atoms with van der Waals surface area (Å²) in [5.74, 6) is -1.24. The maximum atomic E-state index is 11.2. The zero-order valence-electron chi connectivity index (χ0n) is 7.94. The summed E-state index contributed by atoms with van der Waals surface area (Å²) in [6, 6.07) is 1.73. The molecule has 2 rings (SSSR count). The van der Waals surface area contributed by atoms with Crippen LogP contribution in [0.2, 0.25) is 0 Å². The predicted octanol–water partition coefficient (Wildman–Crippen LogP) is 0.407. The van der Waals surface area contributed by atoms with E-state index >= 15 is 0 Å². The molecule has 15 heavy (non-hydrogen) atoms. The maximum absolute atomic E-state index is 11.2. The van der Waals surface area contributed by atoms with Crippen LogP contribution in [0.4, 0.5) is 0 Å². The third-order valence-electron chi connectivity index (χ3n) is 2.11. The number of carboxylic acid groups (broad SMARTS) is 1. The van der Waals surface area contributed by atoms with Gasteiger partial charge in [-0.2, -0.15) is 0 Å². The van der Waals surface area contributed by atoms with Gasteiger partial charge in [0, 0.05) is 25.0 Å². The molecule has 78 valence electrons. The minimum absolute atomic E-state index is 0.263. The van der Waals surface area contributed by atoms with E-state index in [-0.39, 0.29) is 5.56 Å². The molecule has 0 atom stereocenters. The van der Waals surface area contributed by atoms with Gasteiger partial charge in [-0.3, -0.25) is 15.0 Å². The van der Waals surface area contributed by atoms with Crippen molar-refractivity contribution in [2.24, 2.45) is 7.05 Å². The molecule has 2 heterocycles. The summed E-state index contributed by atoms with van der Waals surface area (Å²) in [4.78, 5) is 22.0. The van der Waals surface area contributed by atoms with E-state index in [4.69, 9.17) is 5.11 Å². The van der Waals surface area contributed by atoms with Gasteiger partial charge in [0.05, 0.1) is 5.69 Å². The Kier molecular flexibility index (Phi) is 1.96. The maximum Gasteiger partial charge on any atom is 0.343 e. The number of aryl methyl sites for hydroxylation is 1. The highest BCUT2D eigenvalue weighted by Gasteiger charge is 2.18. The molecular weight excluding hydrogens is 198 g/mol. The summed E-state index contributed by atoms with van der Waals surface area (Å²) in [5, 5.41) is 13.7. The lowest BCUT2D eigenvalue weighted by Crippen LogP contribution is -2.12. The van der Waals surface area contributed by atoms with Gasteiger partial charge in [0.2, 0.25) is 0 Å². The van der Waals surface area contributed by atoms with Crippen LogP contribution in [0.5, 0.6) is 0 Å². The van der Waals surface area contributed by atoms with E-state index in [1.807, 2.05) is 7.05 Å². The highest BCUT2D eigenvalue weighted by molar-refractivity contribution is 5.94. The summed E-state index contributed by atoms with van der Waals surface area (Å²) in [5.41, 5.74) is 0.0731. The Morgan fingerprint density at radius 3 is 2.73 bits per heavy atom. The molecule has 0 saturated heterocycles. The SMILES string of the molecule is Cn1ccc(-c2[nH][nH]c(=O)c2C(=O)O)c1. The zero-order valence-corrected chi connectivity index (χ0v) is 7.94. The Hall–Kier alpha value is -2.24. The fraction of sp³-hybridized carbons (Fsp3) is 0.111. The Morgan fingerprint density at radius 2 is 2.20 bits per heavy atom. The molecule has 6 heteroatoms. The van der Waals surface area contributed by atoms with Gasteiger partial charge < -0.3 is 9.67 Å². The molecule has 0 saturated carbocycles. The molecule has 3 N–H and O–H groups in total. The standard InChI is InChI=1S/C9H9N3O3/c1-12-3-2-5(4-12)7-6(9(14)15)8(13)11-10-7/h2-4H,1H3,(H,14,15)(H2,10,11,13). The molecule has 0 aliphatic carbocycles. The van der Waals surface area contributed by atoms with Gasteiger partial charge >= 0.3 is 5.97 Å². The van der Waals surface area contributed by atoms with Crippen LogP contribution in [-0.2, 0) is 7.05 Å². The summed E-state index contributed by atoms with van der Waals surface area (Å²) >= 11 is 0. The predicted molar refractivity (Wildman–Crippen MR) is 52.8 cm³/mol.